The molecule has 1 fully saturated rings. The lowest BCUT2D eigenvalue weighted by atomic mass is 9.89. The molecule has 2 aromatic heterocycles. The fraction of sp³-hybridized carbons (Fsp3) is 0.500. The first kappa shape index (κ1) is 10.5. The molecule has 17 heavy (non-hydrogen) atoms. The molecule has 1 aliphatic rings. The van der Waals surface area contributed by atoms with Crippen LogP contribution in [0.25, 0.3) is 5.52 Å². The number of aryl methyl sites for hydroxylation is 1. The quantitative estimate of drug-likeness (QED) is 0.873. The summed E-state index contributed by atoms with van der Waals surface area (Å²) in [6, 6.07) is 2.51. The van der Waals surface area contributed by atoms with E-state index in [1.54, 1.807) is 13.3 Å². The topological polar surface area (TPSA) is 51.5 Å². The van der Waals surface area contributed by atoms with E-state index in [9.17, 15) is 0 Å². The maximum Gasteiger partial charge on any atom is 0.152 e. The SMILES string of the molecule is COC1CC(Nc2nccn3nc(C)cc23)C1. The number of methoxy groups -OCH3 is 1. The number of rotatable bonds is 3. The Bertz CT molecular complexity index is 530. The molecular formula is C12H16N4O. The van der Waals surface area contributed by atoms with Crippen LogP contribution in [0.4, 0.5) is 5.82 Å². The number of ether oxygens (including phenoxy) is 1. The summed E-state index contributed by atoms with van der Waals surface area (Å²) in [6.45, 7) is 1.99. The zero-order chi connectivity index (χ0) is 11.8. The Hall–Kier alpha value is -1.62. The van der Waals surface area contributed by atoms with Crippen LogP contribution in [-0.2, 0) is 4.74 Å². The van der Waals surface area contributed by atoms with E-state index in [-0.39, 0.29) is 0 Å². The maximum atomic E-state index is 5.27. The lowest BCUT2D eigenvalue weighted by Crippen LogP contribution is -2.40. The Morgan fingerprint density at radius 3 is 3.06 bits per heavy atom. The van der Waals surface area contributed by atoms with Crippen molar-refractivity contribution in [3.05, 3.63) is 24.2 Å². The fourth-order valence-corrected chi connectivity index (χ4v) is 2.22. The first-order chi connectivity index (χ1) is 8.26. The minimum Gasteiger partial charge on any atom is -0.381 e. The molecule has 5 heteroatoms. The summed E-state index contributed by atoms with van der Waals surface area (Å²) in [6.07, 6.45) is 6.14. The van der Waals surface area contributed by atoms with Gasteiger partial charge in [-0.05, 0) is 25.8 Å². The molecule has 0 aromatic carbocycles. The molecule has 3 rings (SSSR count). The summed E-state index contributed by atoms with van der Waals surface area (Å²) in [5, 5.41) is 7.82. The number of aromatic nitrogens is 3. The van der Waals surface area contributed by atoms with Gasteiger partial charge in [0.15, 0.2) is 5.82 Å². The van der Waals surface area contributed by atoms with Gasteiger partial charge >= 0.3 is 0 Å². The third-order valence-corrected chi connectivity index (χ3v) is 3.28. The monoisotopic (exact) mass is 232 g/mol. The van der Waals surface area contributed by atoms with Crippen LogP contribution in [0, 0.1) is 6.92 Å². The molecule has 0 aliphatic heterocycles. The van der Waals surface area contributed by atoms with Crippen molar-refractivity contribution < 1.29 is 4.74 Å². The van der Waals surface area contributed by atoms with Gasteiger partial charge in [-0.25, -0.2) is 9.50 Å². The van der Waals surface area contributed by atoms with Gasteiger partial charge in [0.2, 0.25) is 0 Å². The van der Waals surface area contributed by atoms with E-state index in [0.717, 1.165) is 29.9 Å². The molecule has 0 radical (unpaired) electrons. The van der Waals surface area contributed by atoms with Crippen LogP contribution in [0.2, 0.25) is 0 Å². The Morgan fingerprint density at radius 2 is 2.29 bits per heavy atom. The minimum absolute atomic E-state index is 0.402. The van der Waals surface area contributed by atoms with E-state index >= 15 is 0 Å². The van der Waals surface area contributed by atoms with Crippen molar-refractivity contribution in [1.29, 1.82) is 0 Å². The van der Waals surface area contributed by atoms with Crippen molar-refractivity contribution in [2.24, 2.45) is 0 Å². The van der Waals surface area contributed by atoms with Gasteiger partial charge in [-0.2, -0.15) is 5.10 Å². The molecule has 0 saturated heterocycles. The Balaban J connectivity index is 1.81. The zero-order valence-electron chi connectivity index (χ0n) is 10.1. The molecule has 1 aliphatic carbocycles. The number of hydrogen-bond donors (Lipinski definition) is 1. The number of nitrogens with zero attached hydrogens (tertiary/aromatic N) is 3. The van der Waals surface area contributed by atoms with Gasteiger partial charge in [-0.3, -0.25) is 0 Å². The Labute approximate surface area is 99.8 Å². The van der Waals surface area contributed by atoms with Crippen molar-refractivity contribution in [3.8, 4) is 0 Å². The fourth-order valence-electron chi connectivity index (χ4n) is 2.22. The van der Waals surface area contributed by atoms with Gasteiger partial charge < -0.3 is 10.1 Å². The van der Waals surface area contributed by atoms with Gasteiger partial charge in [0.05, 0.1) is 11.8 Å². The predicted molar refractivity (Wildman–Crippen MR) is 65.2 cm³/mol. The van der Waals surface area contributed by atoms with Gasteiger partial charge in [-0.1, -0.05) is 0 Å². The summed E-state index contributed by atoms with van der Waals surface area (Å²) < 4.78 is 7.13. The number of hydrogen-bond acceptors (Lipinski definition) is 4. The third-order valence-electron chi connectivity index (χ3n) is 3.28. The second-order valence-corrected chi connectivity index (χ2v) is 4.56. The normalized spacial score (nSPS) is 23.6. The summed E-state index contributed by atoms with van der Waals surface area (Å²) >= 11 is 0. The average molecular weight is 232 g/mol. The Morgan fingerprint density at radius 1 is 1.47 bits per heavy atom. The van der Waals surface area contributed by atoms with E-state index < -0.39 is 0 Å². The summed E-state index contributed by atoms with van der Waals surface area (Å²) in [5.41, 5.74) is 2.04. The van der Waals surface area contributed by atoms with E-state index in [4.69, 9.17) is 4.74 Å². The van der Waals surface area contributed by atoms with Gasteiger partial charge in [-0.15, -0.1) is 0 Å². The van der Waals surface area contributed by atoms with Crippen LogP contribution in [0.5, 0.6) is 0 Å². The largest absolute Gasteiger partial charge is 0.381 e. The minimum atomic E-state index is 0.402. The maximum absolute atomic E-state index is 5.27. The lowest BCUT2D eigenvalue weighted by Gasteiger charge is -2.34. The van der Waals surface area contributed by atoms with Crippen molar-refractivity contribution in [3.63, 3.8) is 0 Å². The second-order valence-electron chi connectivity index (χ2n) is 4.56. The molecule has 0 bridgehead atoms. The highest BCUT2D eigenvalue weighted by atomic mass is 16.5. The van der Waals surface area contributed by atoms with Gasteiger partial charge in [0.1, 0.15) is 5.52 Å². The van der Waals surface area contributed by atoms with Crippen LogP contribution in [-0.4, -0.2) is 33.9 Å². The highest BCUT2D eigenvalue weighted by molar-refractivity contribution is 5.68. The van der Waals surface area contributed by atoms with Crippen LogP contribution < -0.4 is 5.32 Å². The Kier molecular flexibility index (Phi) is 2.48. The second kappa shape index (κ2) is 4.00. The first-order valence-corrected chi connectivity index (χ1v) is 5.86. The van der Waals surface area contributed by atoms with E-state index in [2.05, 4.69) is 15.4 Å². The predicted octanol–water partition coefficient (Wildman–Crippen LogP) is 1.63. The zero-order valence-corrected chi connectivity index (χ0v) is 10.1. The van der Waals surface area contributed by atoms with Gasteiger partial charge in [0.25, 0.3) is 0 Å². The van der Waals surface area contributed by atoms with Crippen LogP contribution >= 0.6 is 0 Å². The first-order valence-electron chi connectivity index (χ1n) is 5.86. The summed E-state index contributed by atoms with van der Waals surface area (Å²) in [7, 11) is 1.76. The molecule has 0 atom stereocenters. The third kappa shape index (κ3) is 1.86. The van der Waals surface area contributed by atoms with E-state index in [1.165, 1.54) is 0 Å². The van der Waals surface area contributed by atoms with Crippen LogP contribution in [0.3, 0.4) is 0 Å². The standard InChI is InChI=1S/C12H16N4O/c1-8-5-11-12(13-3-4-16(11)15-8)14-9-6-10(7-9)17-2/h3-5,9-10H,6-7H2,1-2H3,(H,13,14). The van der Waals surface area contributed by atoms with Crippen LogP contribution in [0.15, 0.2) is 18.5 Å². The molecule has 2 heterocycles. The van der Waals surface area contributed by atoms with Crippen LogP contribution in [0.1, 0.15) is 18.5 Å². The van der Waals surface area contributed by atoms with E-state index in [0.29, 0.717) is 12.1 Å². The molecule has 0 amide bonds. The number of fused-ring (bicyclic) bond motifs is 1. The smallest absolute Gasteiger partial charge is 0.152 e. The summed E-state index contributed by atoms with van der Waals surface area (Å²) in [5.74, 6) is 0.910. The summed E-state index contributed by atoms with van der Waals surface area (Å²) in [4.78, 5) is 4.38. The molecule has 1 N–H and O–H groups in total. The molecular weight excluding hydrogens is 216 g/mol. The van der Waals surface area contributed by atoms with Gasteiger partial charge in [0, 0.05) is 25.5 Å². The van der Waals surface area contributed by atoms with Crippen molar-refractivity contribution in [1.82, 2.24) is 14.6 Å². The molecule has 0 unspecified atom stereocenters. The molecule has 0 spiro atoms. The number of nitrogens with one attached hydrogen (secondary N) is 1. The van der Waals surface area contributed by atoms with Crippen molar-refractivity contribution in [2.45, 2.75) is 31.9 Å². The molecule has 2 aromatic rings. The van der Waals surface area contributed by atoms with E-state index in [1.807, 2.05) is 23.7 Å². The number of anilines is 1. The average Bonchev–Trinajstić information content (AvgIpc) is 2.63. The highest BCUT2D eigenvalue weighted by Gasteiger charge is 2.29. The molecule has 1 saturated carbocycles. The highest BCUT2D eigenvalue weighted by Crippen LogP contribution is 2.27. The molecule has 5 nitrogen and oxygen atoms in total. The molecule has 90 valence electrons. The van der Waals surface area contributed by atoms with Crippen molar-refractivity contribution >= 4 is 11.3 Å². The lowest BCUT2D eigenvalue weighted by molar-refractivity contribution is 0.0328. The van der Waals surface area contributed by atoms with Crippen molar-refractivity contribution in [2.75, 3.05) is 12.4 Å².